The molecule has 2 heterocycles. The van der Waals surface area contributed by atoms with Crippen molar-refractivity contribution in [1.82, 2.24) is 20.1 Å². The molecule has 2 aliphatic rings. The van der Waals surface area contributed by atoms with Gasteiger partial charge in [0.1, 0.15) is 0 Å². The van der Waals surface area contributed by atoms with E-state index in [1.807, 2.05) is 41.8 Å². The molecule has 2 aromatic rings. The van der Waals surface area contributed by atoms with E-state index in [-0.39, 0.29) is 11.2 Å². The summed E-state index contributed by atoms with van der Waals surface area (Å²) in [6, 6.07) is 10.4. The van der Waals surface area contributed by atoms with Crippen LogP contribution in [0.2, 0.25) is 0 Å². The zero-order valence-corrected chi connectivity index (χ0v) is 15.6. The highest BCUT2D eigenvalue weighted by molar-refractivity contribution is 8.00. The first-order chi connectivity index (χ1) is 12.7. The number of benzene rings is 1. The van der Waals surface area contributed by atoms with Crippen LogP contribution in [0.3, 0.4) is 0 Å². The number of ether oxygens (including phenoxy) is 1. The van der Waals surface area contributed by atoms with Crippen molar-refractivity contribution in [2.24, 2.45) is 0 Å². The highest BCUT2D eigenvalue weighted by Gasteiger charge is 2.28. The quantitative estimate of drug-likeness (QED) is 0.780. The van der Waals surface area contributed by atoms with E-state index in [1.165, 1.54) is 11.8 Å². The van der Waals surface area contributed by atoms with Crippen molar-refractivity contribution in [3.8, 4) is 5.69 Å². The maximum Gasteiger partial charge on any atom is 0.233 e. The first-order valence-electron chi connectivity index (χ1n) is 9.03. The van der Waals surface area contributed by atoms with Gasteiger partial charge in [0.25, 0.3) is 0 Å². The predicted octanol–water partition coefficient (Wildman–Crippen LogP) is 1.86. The second kappa shape index (κ2) is 7.67. The van der Waals surface area contributed by atoms with Gasteiger partial charge in [-0.1, -0.05) is 30.0 Å². The Bertz CT molecular complexity index is 756. The molecule has 4 rings (SSSR count). The maximum atomic E-state index is 12.3. The lowest BCUT2D eigenvalue weighted by molar-refractivity contribution is -0.120. The van der Waals surface area contributed by atoms with Gasteiger partial charge in [-0.25, -0.2) is 0 Å². The third kappa shape index (κ3) is 3.86. The molecule has 8 heteroatoms. The Hall–Kier alpha value is -2.06. The number of anilines is 1. The lowest BCUT2D eigenvalue weighted by Gasteiger charge is -2.28. The van der Waals surface area contributed by atoms with Crippen LogP contribution in [0.5, 0.6) is 0 Å². The standard InChI is InChI=1S/C18H23N5O2S/c1-13(16(24)19-14-7-8-14)26-18-21-20-17(22-9-11-25-12-10-22)23(18)15-5-3-2-4-6-15/h2-6,13-14H,7-12H2,1H3,(H,19,24). The minimum Gasteiger partial charge on any atom is -0.378 e. The lowest BCUT2D eigenvalue weighted by Crippen LogP contribution is -2.38. The van der Waals surface area contributed by atoms with Crippen molar-refractivity contribution in [3.63, 3.8) is 0 Å². The number of amides is 1. The molecule has 1 aliphatic carbocycles. The third-order valence-corrected chi connectivity index (χ3v) is 5.54. The Morgan fingerprint density at radius 1 is 1.23 bits per heavy atom. The highest BCUT2D eigenvalue weighted by atomic mass is 32.2. The minimum absolute atomic E-state index is 0.0630. The fourth-order valence-electron chi connectivity index (χ4n) is 2.87. The Labute approximate surface area is 157 Å². The number of carbonyl (C=O) groups excluding carboxylic acids is 1. The van der Waals surface area contributed by atoms with Crippen LogP contribution in [0.4, 0.5) is 5.95 Å². The molecule has 7 nitrogen and oxygen atoms in total. The number of aromatic nitrogens is 3. The molecular weight excluding hydrogens is 350 g/mol. The fraction of sp³-hybridized carbons (Fsp3) is 0.500. The average Bonchev–Trinajstić information content (AvgIpc) is 3.40. The summed E-state index contributed by atoms with van der Waals surface area (Å²) in [7, 11) is 0. The van der Waals surface area contributed by atoms with Crippen molar-refractivity contribution >= 4 is 23.6 Å². The number of hydrogen-bond acceptors (Lipinski definition) is 6. The van der Waals surface area contributed by atoms with E-state index in [2.05, 4.69) is 20.4 Å². The average molecular weight is 373 g/mol. The van der Waals surface area contributed by atoms with Crippen LogP contribution in [0.1, 0.15) is 19.8 Å². The normalized spacial score (nSPS) is 18.6. The molecule has 26 heavy (non-hydrogen) atoms. The van der Waals surface area contributed by atoms with E-state index >= 15 is 0 Å². The second-order valence-electron chi connectivity index (χ2n) is 6.60. The molecule has 2 fully saturated rings. The van der Waals surface area contributed by atoms with Gasteiger partial charge in [0.2, 0.25) is 11.9 Å². The zero-order chi connectivity index (χ0) is 17.9. The van der Waals surface area contributed by atoms with Crippen molar-refractivity contribution in [2.75, 3.05) is 31.2 Å². The summed E-state index contributed by atoms with van der Waals surface area (Å²) >= 11 is 1.45. The summed E-state index contributed by atoms with van der Waals surface area (Å²) in [6.07, 6.45) is 2.18. The van der Waals surface area contributed by atoms with Crippen LogP contribution in [-0.2, 0) is 9.53 Å². The van der Waals surface area contributed by atoms with Crippen LogP contribution in [0.25, 0.3) is 5.69 Å². The number of morpholine rings is 1. The molecule has 1 atom stereocenters. The Balaban J connectivity index is 1.61. The molecule has 1 amide bonds. The van der Waals surface area contributed by atoms with Crippen LogP contribution in [0, 0.1) is 0 Å². The van der Waals surface area contributed by atoms with Gasteiger partial charge in [-0.05, 0) is 31.9 Å². The van der Waals surface area contributed by atoms with Gasteiger partial charge >= 0.3 is 0 Å². The van der Waals surface area contributed by atoms with Gasteiger partial charge in [0.05, 0.1) is 24.2 Å². The number of para-hydroxylation sites is 1. The first kappa shape index (κ1) is 17.4. The van der Waals surface area contributed by atoms with Gasteiger partial charge in [-0.2, -0.15) is 0 Å². The maximum absolute atomic E-state index is 12.3. The summed E-state index contributed by atoms with van der Waals surface area (Å²) in [5.41, 5.74) is 0.997. The number of hydrogen-bond donors (Lipinski definition) is 1. The second-order valence-corrected chi connectivity index (χ2v) is 7.90. The Morgan fingerprint density at radius 3 is 2.65 bits per heavy atom. The van der Waals surface area contributed by atoms with E-state index in [0.29, 0.717) is 19.3 Å². The molecule has 1 saturated heterocycles. The van der Waals surface area contributed by atoms with Crippen LogP contribution in [0.15, 0.2) is 35.5 Å². The first-order valence-corrected chi connectivity index (χ1v) is 9.91. The van der Waals surface area contributed by atoms with E-state index in [9.17, 15) is 4.79 Å². The number of nitrogens with zero attached hydrogens (tertiary/aromatic N) is 4. The van der Waals surface area contributed by atoms with Crippen LogP contribution in [-0.4, -0.2) is 58.3 Å². The molecule has 1 N–H and O–H groups in total. The molecule has 1 aliphatic heterocycles. The van der Waals surface area contributed by atoms with Crippen molar-refractivity contribution < 1.29 is 9.53 Å². The molecule has 138 valence electrons. The molecule has 1 aromatic heterocycles. The Kier molecular flexibility index (Phi) is 5.12. The largest absolute Gasteiger partial charge is 0.378 e. The Morgan fingerprint density at radius 2 is 1.96 bits per heavy atom. The van der Waals surface area contributed by atoms with Gasteiger partial charge in [-0.15, -0.1) is 10.2 Å². The summed E-state index contributed by atoms with van der Waals surface area (Å²) < 4.78 is 7.49. The lowest BCUT2D eigenvalue weighted by atomic mass is 10.3. The SMILES string of the molecule is CC(Sc1nnc(N2CCOCC2)n1-c1ccccc1)C(=O)NC1CC1. The molecule has 0 bridgehead atoms. The summed E-state index contributed by atoms with van der Waals surface area (Å²) in [4.78, 5) is 14.5. The van der Waals surface area contributed by atoms with E-state index in [1.54, 1.807) is 0 Å². The monoisotopic (exact) mass is 373 g/mol. The van der Waals surface area contributed by atoms with Crippen molar-refractivity contribution in [1.29, 1.82) is 0 Å². The fourth-order valence-corrected chi connectivity index (χ4v) is 3.74. The summed E-state index contributed by atoms with van der Waals surface area (Å²) in [6.45, 7) is 4.86. The topological polar surface area (TPSA) is 72.3 Å². The van der Waals surface area contributed by atoms with Gasteiger partial charge < -0.3 is 15.0 Å². The molecule has 1 unspecified atom stereocenters. The number of carbonyl (C=O) groups is 1. The van der Waals surface area contributed by atoms with Gasteiger partial charge in [0, 0.05) is 19.1 Å². The predicted molar refractivity (Wildman–Crippen MR) is 101 cm³/mol. The van der Waals surface area contributed by atoms with Crippen LogP contribution >= 0.6 is 11.8 Å². The molecule has 1 aromatic carbocycles. The van der Waals surface area contributed by atoms with Crippen molar-refractivity contribution in [2.45, 2.75) is 36.2 Å². The van der Waals surface area contributed by atoms with Crippen LogP contribution < -0.4 is 10.2 Å². The highest BCUT2D eigenvalue weighted by Crippen LogP contribution is 2.30. The number of rotatable bonds is 6. The number of thioether (sulfide) groups is 1. The van der Waals surface area contributed by atoms with Gasteiger partial charge in [-0.3, -0.25) is 9.36 Å². The van der Waals surface area contributed by atoms with E-state index < -0.39 is 0 Å². The van der Waals surface area contributed by atoms with E-state index in [4.69, 9.17) is 4.74 Å². The number of nitrogens with one attached hydrogen (secondary N) is 1. The summed E-state index contributed by atoms with van der Waals surface area (Å²) in [5, 5.41) is 12.4. The minimum atomic E-state index is -0.222. The third-order valence-electron chi connectivity index (χ3n) is 4.50. The smallest absolute Gasteiger partial charge is 0.233 e. The molecular formula is C18H23N5O2S. The molecule has 0 spiro atoms. The molecule has 0 radical (unpaired) electrons. The van der Waals surface area contributed by atoms with E-state index in [0.717, 1.165) is 42.7 Å². The van der Waals surface area contributed by atoms with Crippen molar-refractivity contribution in [3.05, 3.63) is 30.3 Å². The summed E-state index contributed by atoms with van der Waals surface area (Å²) in [5.74, 6) is 0.866. The van der Waals surface area contributed by atoms with Gasteiger partial charge in [0.15, 0.2) is 5.16 Å². The zero-order valence-electron chi connectivity index (χ0n) is 14.8. The molecule has 1 saturated carbocycles.